The monoisotopic (exact) mass is 378 g/mol. The molecule has 26 heavy (non-hydrogen) atoms. The van der Waals surface area contributed by atoms with Gasteiger partial charge in [0.25, 0.3) is 0 Å². The number of fused-ring (bicyclic) bond motifs is 1. The van der Waals surface area contributed by atoms with Crippen LogP contribution < -0.4 is 15.2 Å². The summed E-state index contributed by atoms with van der Waals surface area (Å²) in [5.41, 5.74) is 1.75. The maximum atomic E-state index is 13.3. The third kappa shape index (κ3) is 4.60. The Morgan fingerprint density at radius 1 is 1.15 bits per heavy atom. The molecule has 5 nitrogen and oxygen atoms in total. The smallest absolute Gasteiger partial charge is 0.326 e. The van der Waals surface area contributed by atoms with Crippen LogP contribution in [0, 0.1) is 5.82 Å². The van der Waals surface area contributed by atoms with Gasteiger partial charge < -0.3 is 14.5 Å². The van der Waals surface area contributed by atoms with Crippen molar-refractivity contribution >= 4 is 22.8 Å². The molecule has 3 rings (SSSR count). The first-order chi connectivity index (χ1) is 12.5. The zero-order chi connectivity index (χ0) is 19.1. The predicted octanol–water partition coefficient (Wildman–Crippen LogP) is 3.90. The van der Waals surface area contributed by atoms with Gasteiger partial charge in [-0.2, -0.15) is 11.8 Å². The number of H-pyrrole nitrogens is 1. The summed E-state index contributed by atoms with van der Waals surface area (Å²) in [6.07, 6.45) is 4.08. The van der Waals surface area contributed by atoms with Gasteiger partial charge in [0.05, 0.1) is 31.3 Å². The van der Waals surface area contributed by atoms with Crippen molar-refractivity contribution in [3.05, 3.63) is 58.3 Å². The molecule has 1 aromatic heterocycles. The molecule has 0 fully saturated rings. The summed E-state index contributed by atoms with van der Waals surface area (Å²) in [6, 6.07) is 9.77. The number of thioether (sulfide) groups is 1. The summed E-state index contributed by atoms with van der Waals surface area (Å²) in [4.78, 5) is 14.8. The van der Waals surface area contributed by atoms with E-state index in [0.29, 0.717) is 35.7 Å². The zero-order valence-electron chi connectivity index (χ0n) is 15.3. The summed E-state index contributed by atoms with van der Waals surface area (Å²) in [6.45, 7) is 2.77. The highest BCUT2D eigenvalue weighted by molar-refractivity contribution is 7.97. The van der Waals surface area contributed by atoms with E-state index < -0.39 is 0 Å². The van der Waals surface area contributed by atoms with Crippen LogP contribution in [-0.4, -0.2) is 35.8 Å². The van der Waals surface area contributed by atoms with Gasteiger partial charge >= 0.3 is 5.69 Å². The molecule has 0 aliphatic carbocycles. The van der Waals surface area contributed by atoms with E-state index in [4.69, 9.17) is 9.47 Å². The number of rotatable bonds is 5. The normalized spacial score (nSPS) is 10.3. The first-order valence-corrected chi connectivity index (χ1v) is 9.75. The number of nitrogens with zero attached hydrogens (tertiary/aromatic N) is 1. The highest BCUT2D eigenvalue weighted by Gasteiger charge is 2.10. The Hall–Kier alpha value is -2.41. The van der Waals surface area contributed by atoms with Gasteiger partial charge in [-0.3, -0.25) is 4.57 Å². The third-order valence-electron chi connectivity index (χ3n) is 3.60. The molecule has 140 valence electrons. The van der Waals surface area contributed by atoms with Crippen LogP contribution in [0.3, 0.4) is 0 Å². The van der Waals surface area contributed by atoms with Gasteiger partial charge in [0.1, 0.15) is 5.82 Å². The fourth-order valence-electron chi connectivity index (χ4n) is 2.56. The van der Waals surface area contributed by atoms with E-state index in [2.05, 4.69) is 4.98 Å². The minimum Gasteiger partial charge on any atom is -0.493 e. The van der Waals surface area contributed by atoms with Gasteiger partial charge in [0, 0.05) is 0 Å². The molecule has 3 aromatic rings. The fourth-order valence-corrected chi connectivity index (χ4v) is 2.56. The molecule has 1 N–H and O–H groups in total. The lowest BCUT2D eigenvalue weighted by atomic mass is 10.2. The summed E-state index contributed by atoms with van der Waals surface area (Å²) in [5, 5.41) is 0. The number of hydrogen-bond donors (Lipinski definition) is 1. The lowest BCUT2D eigenvalue weighted by Gasteiger charge is -2.11. The maximum Gasteiger partial charge on any atom is 0.326 e. The molecule has 0 aliphatic heterocycles. The van der Waals surface area contributed by atoms with E-state index in [1.165, 1.54) is 12.1 Å². The molecule has 1 heterocycles. The van der Waals surface area contributed by atoms with Crippen molar-refractivity contribution in [3.63, 3.8) is 0 Å². The summed E-state index contributed by atoms with van der Waals surface area (Å²) >= 11 is 1.75. The van der Waals surface area contributed by atoms with Crippen LogP contribution in [0.25, 0.3) is 11.0 Å². The molecule has 0 saturated heterocycles. The molecular formula is C19H23FN2O3S. The van der Waals surface area contributed by atoms with Crippen molar-refractivity contribution in [2.24, 2.45) is 0 Å². The van der Waals surface area contributed by atoms with Crippen molar-refractivity contribution < 1.29 is 13.9 Å². The number of aromatic nitrogens is 2. The van der Waals surface area contributed by atoms with Crippen molar-refractivity contribution in [2.45, 2.75) is 13.5 Å². The Morgan fingerprint density at radius 3 is 2.54 bits per heavy atom. The average Bonchev–Trinajstić information content (AvgIpc) is 2.91. The second kappa shape index (κ2) is 9.33. The van der Waals surface area contributed by atoms with Crippen molar-refractivity contribution in [1.29, 1.82) is 0 Å². The van der Waals surface area contributed by atoms with E-state index in [9.17, 15) is 9.18 Å². The average molecular weight is 378 g/mol. The summed E-state index contributed by atoms with van der Waals surface area (Å²) in [5.74, 6) is 0.893. The third-order valence-corrected chi connectivity index (χ3v) is 3.60. The maximum absolute atomic E-state index is 13.3. The quantitative estimate of drug-likeness (QED) is 0.731. The van der Waals surface area contributed by atoms with Gasteiger partial charge in [-0.1, -0.05) is 6.07 Å². The zero-order valence-corrected chi connectivity index (χ0v) is 16.2. The minimum absolute atomic E-state index is 0.278. The molecule has 0 spiro atoms. The Balaban J connectivity index is 0.000000758. The number of imidazole rings is 1. The van der Waals surface area contributed by atoms with E-state index in [1.54, 1.807) is 35.6 Å². The SMILES string of the molecule is CCOc1cc(Cn2c(=O)[nH]c3cc(F)ccc32)ccc1OC.CSC. The number of benzene rings is 2. The van der Waals surface area contributed by atoms with Gasteiger partial charge in [-0.25, -0.2) is 9.18 Å². The van der Waals surface area contributed by atoms with Gasteiger partial charge in [0.15, 0.2) is 11.5 Å². The number of nitrogens with one attached hydrogen (secondary N) is 1. The standard InChI is InChI=1S/C17H17FN2O3.C2H6S/c1-3-23-16-8-11(4-7-15(16)22-2)10-20-14-6-5-12(18)9-13(14)19-17(20)21;1-3-2/h4-9H,3,10H2,1-2H3,(H,19,21);1-2H3. The molecule has 0 bridgehead atoms. The first kappa shape index (κ1) is 19.9. The van der Waals surface area contributed by atoms with Crippen molar-refractivity contribution in [1.82, 2.24) is 9.55 Å². The van der Waals surface area contributed by atoms with Crippen LogP contribution in [0.15, 0.2) is 41.2 Å². The lowest BCUT2D eigenvalue weighted by molar-refractivity contribution is 0.310. The topological polar surface area (TPSA) is 56.2 Å². The van der Waals surface area contributed by atoms with Crippen LogP contribution in [0.1, 0.15) is 12.5 Å². The summed E-state index contributed by atoms with van der Waals surface area (Å²) in [7, 11) is 1.58. The molecule has 2 aromatic carbocycles. The molecule has 7 heteroatoms. The lowest BCUT2D eigenvalue weighted by Crippen LogP contribution is -2.17. The Bertz CT molecular complexity index is 921. The molecule has 0 unspecified atom stereocenters. The van der Waals surface area contributed by atoms with Crippen LogP contribution in [0.5, 0.6) is 11.5 Å². The largest absolute Gasteiger partial charge is 0.493 e. The van der Waals surface area contributed by atoms with E-state index in [-0.39, 0.29) is 11.5 Å². The second-order valence-electron chi connectivity index (χ2n) is 5.50. The Kier molecular flexibility index (Phi) is 7.15. The predicted molar refractivity (Wildman–Crippen MR) is 105 cm³/mol. The molecule has 0 aliphatic rings. The number of methoxy groups -OCH3 is 1. The van der Waals surface area contributed by atoms with Crippen LogP contribution >= 0.6 is 11.8 Å². The highest BCUT2D eigenvalue weighted by Crippen LogP contribution is 2.28. The molecule has 0 amide bonds. The molecule has 0 radical (unpaired) electrons. The van der Waals surface area contributed by atoms with Gasteiger partial charge in [-0.15, -0.1) is 0 Å². The molecule has 0 saturated carbocycles. The first-order valence-electron chi connectivity index (χ1n) is 8.11. The Labute approximate surface area is 156 Å². The number of hydrogen-bond acceptors (Lipinski definition) is 4. The number of ether oxygens (including phenoxy) is 2. The van der Waals surface area contributed by atoms with Crippen LogP contribution in [0.2, 0.25) is 0 Å². The molecular weight excluding hydrogens is 355 g/mol. The van der Waals surface area contributed by atoms with Crippen LogP contribution in [-0.2, 0) is 6.54 Å². The minimum atomic E-state index is -0.381. The van der Waals surface area contributed by atoms with E-state index in [1.807, 2.05) is 31.6 Å². The van der Waals surface area contributed by atoms with Crippen molar-refractivity contribution in [2.75, 3.05) is 26.2 Å². The van der Waals surface area contributed by atoms with Crippen molar-refractivity contribution in [3.8, 4) is 11.5 Å². The van der Waals surface area contributed by atoms with E-state index >= 15 is 0 Å². The molecule has 0 atom stereocenters. The second-order valence-corrected chi connectivity index (χ2v) is 6.32. The number of aromatic amines is 1. The van der Waals surface area contributed by atoms with Gasteiger partial charge in [0.2, 0.25) is 0 Å². The Morgan fingerprint density at radius 2 is 1.88 bits per heavy atom. The van der Waals surface area contributed by atoms with Gasteiger partial charge in [-0.05, 0) is 55.3 Å². The fraction of sp³-hybridized carbons (Fsp3) is 0.316. The van der Waals surface area contributed by atoms with E-state index in [0.717, 1.165) is 5.56 Å². The van der Waals surface area contributed by atoms with Crippen LogP contribution in [0.4, 0.5) is 4.39 Å². The summed E-state index contributed by atoms with van der Waals surface area (Å²) < 4.78 is 25.6. The number of halogens is 1. The highest BCUT2D eigenvalue weighted by atomic mass is 32.2.